The van der Waals surface area contributed by atoms with E-state index in [-0.39, 0.29) is 40.8 Å². The Morgan fingerprint density at radius 2 is 2.29 bits per heavy atom. The molecule has 2 aliphatic rings. The van der Waals surface area contributed by atoms with Crippen LogP contribution in [0.1, 0.15) is 12.8 Å². The van der Waals surface area contributed by atoms with E-state index in [1.54, 1.807) is 0 Å². The second kappa shape index (κ2) is 5.38. The molecule has 0 aromatic carbocycles. The summed E-state index contributed by atoms with van der Waals surface area (Å²) < 4.78 is 13.8. The Balaban J connectivity index is 1.88. The van der Waals surface area contributed by atoms with Crippen molar-refractivity contribution in [3.05, 3.63) is 17.3 Å². The van der Waals surface area contributed by atoms with Crippen LogP contribution in [0.25, 0.3) is 0 Å². The molecule has 6 nitrogen and oxygen atoms in total. The average molecular weight is 314 g/mol. The minimum atomic E-state index is -0.602. The maximum Gasteiger partial charge on any atom is 0.224 e. The van der Waals surface area contributed by atoms with Gasteiger partial charge in [-0.3, -0.25) is 4.79 Å². The van der Waals surface area contributed by atoms with Crippen molar-refractivity contribution >= 4 is 23.3 Å². The van der Waals surface area contributed by atoms with Gasteiger partial charge in [-0.1, -0.05) is 0 Å². The van der Waals surface area contributed by atoms with Gasteiger partial charge in [-0.2, -0.15) is 4.98 Å². The maximum absolute atomic E-state index is 13.8. The van der Waals surface area contributed by atoms with Gasteiger partial charge >= 0.3 is 0 Å². The molecule has 0 radical (unpaired) electrons. The predicted molar refractivity (Wildman–Crippen MR) is 75.9 cm³/mol. The SMILES string of the molecule is NCC1C[C@@H]2C[C@H]1[C@@H](Nc1nc(Cl)ncc1F)[C@H]2C(N)=O. The number of aromatic nitrogens is 2. The summed E-state index contributed by atoms with van der Waals surface area (Å²) >= 11 is 5.70. The second-order valence-corrected chi connectivity index (χ2v) is 6.16. The molecule has 1 aromatic rings. The summed E-state index contributed by atoms with van der Waals surface area (Å²) in [6.45, 7) is 0.553. The summed E-state index contributed by atoms with van der Waals surface area (Å²) in [4.78, 5) is 19.2. The molecule has 0 saturated heterocycles. The Hall–Kier alpha value is -1.47. The molecule has 8 heteroatoms. The largest absolute Gasteiger partial charge is 0.369 e. The number of nitrogens with two attached hydrogens (primary N) is 2. The van der Waals surface area contributed by atoms with Crippen molar-refractivity contribution in [2.75, 3.05) is 11.9 Å². The highest BCUT2D eigenvalue weighted by Gasteiger charge is 2.54. The molecule has 21 heavy (non-hydrogen) atoms. The average Bonchev–Trinajstić information content (AvgIpc) is 3.00. The van der Waals surface area contributed by atoms with Crippen LogP contribution in [-0.2, 0) is 4.79 Å². The first kappa shape index (κ1) is 14.5. The van der Waals surface area contributed by atoms with Gasteiger partial charge in [0.15, 0.2) is 11.6 Å². The Kier molecular flexibility index (Phi) is 3.71. The number of primary amides is 1. The molecule has 1 unspecified atom stereocenters. The first-order chi connectivity index (χ1) is 10.0. The zero-order valence-corrected chi connectivity index (χ0v) is 12.1. The van der Waals surface area contributed by atoms with E-state index < -0.39 is 5.82 Å². The molecule has 2 aliphatic carbocycles. The first-order valence-corrected chi connectivity index (χ1v) is 7.33. The van der Waals surface area contributed by atoms with E-state index >= 15 is 0 Å². The molecule has 2 bridgehead atoms. The first-order valence-electron chi connectivity index (χ1n) is 6.95. The summed E-state index contributed by atoms with van der Waals surface area (Å²) in [5, 5.41) is 2.96. The van der Waals surface area contributed by atoms with E-state index in [4.69, 9.17) is 23.1 Å². The Bertz CT molecular complexity index is 571. The van der Waals surface area contributed by atoms with Crippen LogP contribution in [0.5, 0.6) is 0 Å². The lowest BCUT2D eigenvalue weighted by molar-refractivity contribution is -0.123. The van der Waals surface area contributed by atoms with Crippen LogP contribution >= 0.6 is 11.6 Å². The monoisotopic (exact) mass is 313 g/mol. The molecule has 1 amide bonds. The van der Waals surface area contributed by atoms with Gasteiger partial charge in [0.05, 0.1) is 12.1 Å². The summed E-state index contributed by atoms with van der Waals surface area (Å²) in [6, 6.07) is -0.254. The number of anilines is 1. The quantitative estimate of drug-likeness (QED) is 0.712. The van der Waals surface area contributed by atoms with Crippen molar-refractivity contribution in [3.63, 3.8) is 0 Å². The molecule has 0 aliphatic heterocycles. The van der Waals surface area contributed by atoms with Gasteiger partial charge in [0.25, 0.3) is 0 Å². The summed E-state index contributed by atoms with van der Waals surface area (Å²) in [7, 11) is 0. The molecule has 1 heterocycles. The van der Waals surface area contributed by atoms with Crippen molar-refractivity contribution in [2.24, 2.45) is 35.1 Å². The van der Waals surface area contributed by atoms with Gasteiger partial charge in [0.2, 0.25) is 11.2 Å². The molecular formula is C13H17ClFN5O. The lowest BCUT2D eigenvalue weighted by atomic mass is 9.78. The smallest absolute Gasteiger partial charge is 0.224 e. The van der Waals surface area contributed by atoms with Crippen molar-refractivity contribution in [2.45, 2.75) is 18.9 Å². The van der Waals surface area contributed by atoms with E-state index in [1.165, 1.54) is 0 Å². The highest BCUT2D eigenvalue weighted by atomic mass is 35.5. The summed E-state index contributed by atoms with van der Waals surface area (Å²) in [6.07, 6.45) is 2.79. The molecule has 5 atom stereocenters. The van der Waals surface area contributed by atoms with Gasteiger partial charge in [-0.15, -0.1) is 0 Å². The zero-order chi connectivity index (χ0) is 15.1. The lowest BCUT2D eigenvalue weighted by Gasteiger charge is -2.34. The molecule has 0 spiro atoms. The third-order valence-corrected chi connectivity index (χ3v) is 4.97. The number of nitrogens with one attached hydrogen (secondary N) is 1. The molecule has 2 saturated carbocycles. The number of fused-ring (bicyclic) bond motifs is 2. The highest BCUT2D eigenvalue weighted by molar-refractivity contribution is 6.28. The standard InChI is InChI=1S/C13H17ClFN5O/c14-13-18-4-8(15)12(20-13)19-10-7-2-5(1-6(7)3-16)9(10)11(17)21/h4-7,9-10H,1-3,16H2,(H2,17,21)(H,18,19,20)/t5-,6?,7-,9+,10-/m1/s1. The predicted octanol–water partition coefficient (Wildman–Crippen LogP) is 0.766. The maximum atomic E-state index is 13.8. The van der Waals surface area contributed by atoms with Gasteiger partial charge in [0.1, 0.15) is 0 Å². The van der Waals surface area contributed by atoms with Crippen molar-refractivity contribution in [1.29, 1.82) is 0 Å². The molecule has 5 N–H and O–H groups in total. The second-order valence-electron chi connectivity index (χ2n) is 5.82. The summed E-state index contributed by atoms with van der Waals surface area (Å²) in [5.74, 6) is -0.556. The number of amides is 1. The zero-order valence-electron chi connectivity index (χ0n) is 11.3. The van der Waals surface area contributed by atoms with Crippen LogP contribution in [0, 0.1) is 29.5 Å². The van der Waals surface area contributed by atoms with Crippen molar-refractivity contribution in [1.82, 2.24) is 9.97 Å². The molecular weight excluding hydrogens is 297 g/mol. The number of hydrogen-bond acceptors (Lipinski definition) is 5. The molecule has 114 valence electrons. The number of nitrogens with zero attached hydrogens (tertiary/aromatic N) is 2. The highest BCUT2D eigenvalue weighted by Crippen LogP contribution is 2.52. The van der Waals surface area contributed by atoms with E-state index in [0.717, 1.165) is 19.0 Å². The van der Waals surface area contributed by atoms with Gasteiger partial charge in [0, 0.05) is 6.04 Å². The third-order valence-electron chi connectivity index (χ3n) is 4.79. The van der Waals surface area contributed by atoms with Gasteiger partial charge in [-0.25, -0.2) is 9.37 Å². The number of rotatable bonds is 4. The van der Waals surface area contributed by atoms with Crippen LogP contribution in [0.15, 0.2) is 6.20 Å². The van der Waals surface area contributed by atoms with E-state index in [1.807, 2.05) is 0 Å². The fourth-order valence-electron chi connectivity index (χ4n) is 3.98. The number of carbonyl (C=O) groups excluding carboxylic acids is 1. The molecule has 3 rings (SSSR count). The van der Waals surface area contributed by atoms with Crippen LogP contribution in [0.2, 0.25) is 5.28 Å². The molecule has 1 aromatic heterocycles. The Morgan fingerprint density at radius 3 is 2.95 bits per heavy atom. The van der Waals surface area contributed by atoms with Crippen molar-refractivity contribution < 1.29 is 9.18 Å². The fourth-order valence-corrected chi connectivity index (χ4v) is 4.11. The minimum Gasteiger partial charge on any atom is -0.369 e. The fraction of sp³-hybridized carbons (Fsp3) is 0.615. The third kappa shape index (κ3) is 2.44. The van der Waals surface area contributed by atoms with Crippen LogP contribution in [0.3, 0.4) is 0 Å². The summed E-state index contributed by atoms with van der Waals surface area (Å²) in [5.41, 5.74) is 11.3. The molecule has 2 fully saturated rings. The Morgan fingerprint density at radius 1 is 1.52 bits per heavy atom. The normalized spacial score (nSPS) is 34.1. The van der Waals surface area contributed by atoms with Crippen LogP contribution in [-0.4, -0.2) is 28.5 Å². The number of hydrogen-bond donors (Lipinski definition) is 3. The van der Waals surface area contributed by atoms with E-state index in [0.29, 0.717) is 12.5 Å². The number of halogens is 2. The van der Waals surface area contributed by atoms with Gasteiger partial charge in [-0.05, 0) is 48.7 Å². The minimum absolute atomic E-state index is 0.00886. The number of carbonyl (C=O) groups is 1. The van der Waals surface area contributed by atoms with Crippen molar-refractivity contribution in [3.8, 4) is 0 Å². The van der Waals surface area contributed by atoms with E-state index in [2.05, 4.69) is 15.3 Å². The Labute approximate surface area is 126 Å². The van der Waals surface area contributed by atoms with Crippen LogP contribution < -0.4 is 16.8 Å². The lowest BCUT2D eigenvalue weighted by Crippen LogP contribution is -2.46. The van der Waals surface area contributed by atoms with Crippen LogP contribution in [0.4, 0.5) is 10.2 Å². The van der Waals surface area contributed by atoms with Gasteiger partial charge < -0.3 is 16.8 Å². The van der Waals surface area contributed by atoms with E-state index in [9.17, 15) is 9.18 Å². The topological polar surface area (TPSA) is 107 Å².